The monoisotopic (exact) mass is 402 g/mol. The van der Waals surface area contributed by atoms with Crippen molar-refractivity contribution in [3.63, 3.8) is 0 Å². The van der Waals surface area contributed by atoms with E-state index in [0.717, 1.165) is 29.7 Å². The van der Waals surface area contributed by atoms with Crippen molar-refractivity contribution in [1.82, 2.24) is 0 Å². The zero-order chi connectivity index (χ0) is 20.3. The molecule has 0 aromatic heterocycles. The van der Waals surface area contributed by atoms with Crippen molar-refractivity contribution in [2.24, 2.45) is 0 Å². The highest BCUT2D eigenvalue weighted by Gasteiger charge is 2.24. The van der Waals surface area contributed by atoms with E-state index in [1.807, 2.05) is 26.8 Å². The molecule has 2 aromatic carbocycles. The van der Waals surface area contributed by atoms with Crippen LogP contribution in [0.25, 0.3) is 0 Å². The van der Waals surface area contributed by atoms with E-state index in [9.17, 15) is 13.2 Å². The molecule has 0 spiro atoms. The number of aryl methyl sites for hydroxylation is 2. The molecule has 7 heteroatoms. The average Bonchev–Trinajstić information content (AvgIpc) is 3.08. The van der Waals surface area contributed by atoms with Crippen molar-refractivity contribution in [3.05, 3.63) is 47.5 Å². The Morgan fingerprint density at radius 1 is 1.11 bits per heavy atom. The summed E-state index contributed by atoms with van der Waals surface area (Å²) in [4.78, 5) is 14.0. The van der Waals surface area contributed by atoms with Crippen molar-refractivity contribution in [1.29, 1.82) is 0 Å². The number of nitrogens with one attached hydrogen (secondary N) is 1. The Kier molecular flexibility index (Phi) is 5.93. The van der Waals surface area contributed by atoms with Gasteiger partial charge in [-0.3, -0.25) is 9.52 Å². The number of sulfonamides is 1. The van der Waals surface area contributed by atoms with Crippen LogP contribution in [0.3, 0.4) is 0 Å². The molecule has 1 heterocycles. The van der Waals surface area contributed by atoms with Crippen LogP contribution in [-0.4, -0.2) is 27.5 Å². The molecule has 0 radical (unpaired) electrons. The first kappa shape index (κ1) is 20.2. The quantitative estimate of drug-likeness (QED) is 0.759. The second-order valence-electron chi connectivity index (χ2n) is 7.03. The minimum absolute atomic E-state index is 0.0707. The largest absolute Gasteiger partial charge is 0.493 e. The Morgan fingerprint density at radius 2 is 1.89 bits per heavy atom. The second kappa shape index (κ2) is 8.22. The van der Waals surface area contributed by atoms with E-state index in [1.54, 1.807) is 35.2 Å². The SMILES string of the molecule is CCCOc1ccc(S(=O)(=O)Nc2ccc(C)c(N3CCCC3=O)c2)cc1C. The molecule has 0 atom stereocenters. The lowest BCUT2D eigenvalue weighted by Crippen LogP contribution is -2.24. The molecule has 0 unspecified atom stereocenters. The first-order chi connectivity index (χ1) is 13.3. The number of carbonyl (C=O) groups excluding carboxylic acids is 1. The molecule has 6 nitrogen and oxygen atoms in total. The number of carbonyl (C=O) groups is 1. The maximum atomic E-state index is 12.8. The molecule has 150 valence electrons. The number of anilines is 2. The lowest BCUT2D eigenvalue weighted by molar-refractivity contribution is -0.117. The van der Waals surface area contributed by atoms with Crippen molar-refractivity contribution in [3.8, 4) is 5.75 Å². The van der Waals surface area contributed by atoms with Crippen LogP contribution in [0, 0.1) is 13.8 Å². The first-order valence-corrected chi connectivity index (χ1v) is 11.0. The fourth-order valence-corrected chi connectivity index (χ4v) is 4.38. The maximum absolute atomic E-state index is 12.8. The topological polar surface area (TPSA) is 75.7 Å². The Bertz CT molecular complexity index is 986. The predicted octanol–water partition coefficient (Wildman–Crippen LogP) is 4.02. The molecule has 1 aliphatic rings. The zero-order valence-corrected chi connectivity index (χ0v) is 17.3. The molecule has 28 heavy (non-hydrogen) atoms. The Hall–Kier alpha value is -2.54. The lowest BCUT2D eigenvalue weighted by Gasteiger charge is -2.20. The van der Waals surface area contributed by atoms with Gasteiger partial charge >= 0.3 is 0 Å². The average molecular weight is 403 g/mol. The molecule has 0 bridgehead atoms. The van der Waals surface area contributed by atoms with Gasteiger partial charge < -0.3 is 9.64 Å². The van der Waals surface area contributed by atoms with Gasteiger partial charge in [-0.25, -0.2) is 8.42 Å². The summed E-state index contributed by atoms with van der Waals surface area (Å²) in [5.41, 5.74) is 2.89. The van der Waals surface area contributed by atoms with Gasteiger partial charge in [-0.15, -0.1) is 0 Å². The van der Waals surface area contributed by atoms with Crippen LogP contribution in [0.2, 0.25) is 0 Å². The third-order valence-electron chi connectivity index (χ3n) is 4.74. The third-order valence-corrected chi connectivity index (χ3v) is 6.12. The fraction of sp³-hybridized carbons (Fsp3) is 0.381. The number of hydrogen-bond donors (Lipinski definition) is 1. The molecule has 0 saturated carbocycles. The summed E-state index contributed by atoms with van der Waals surface area (Å²) in [6.07, 6.45) is 2.23. The second-order valence-corrected chi connectivity index (χ2v) is 8.71. The fourth-order valence-electron chi connectivity index (χ4n) is 3.24. The van der Waals surface area contributed by atoms with E-state index < -0.39 is 10.0 Å². The predicted molar refractivity (Wildman–Crippen MR) is 111 cm³/mol. The third kappa shape index (κ3) is 4.30. The summed E-state index contributed by atoms with van der Waals surface area (Å²) in [5.74, 6) is 0.757. The summed E-state index contributed by atoms with van der Waals surface area (Å²) >= 11 is 0. The highest BCUT2D eigenvalue weighted by Crippen LogP contribution is 2.30. The molecule has 1 amide bonds. The zero-order valence-electron chi connectivity index (χ0n) is 16.5. The number of benzene rings is 2. The smallest absolute Gasteiger partial charge is 0.261 e. The Labute approximate surface area is 166 Å². The lowest BCUT2D eigenvalue weighted by atomic mass is 10.1. The van der Waals surface area contributed by atoms with Gasteiger partial charge in [0.25, 0.3) is 10.0 Å². The molecule has 1 N–H and O–H groups in total. The van der Waals surface area contributed by atoms with Crippen molar-refractivity contribution in [2.45, 2.75) is 44.9 Å². The molecule has 3 rings (SSSR count). The first-order valence-electron chi connectivity index (χ1n) is 9.49. The number of nitrogens with zero attached hydrogens (tertiary/aromatic N) is 1. The van der Waals surface area contributed by atoms with Gasteiger partial charge in [0.1, 0.15) is 5.75 Å². The Balaban J connectivity index is 1.84. The van der Waals surface area contributed by atoms with Crippen LogP contribution in [0.15, 0.2) is 41.3 Å². The minimum atomic E-state index is -3.75. The highest BCUT2D eigenvalue weighted by atomic mass is 32.2. The van der Waals surface area contributed by atoms with Gasteiger partial charge in [0.05, 0.1) is 17.2 Å². The molecular weight excluding hydrogens is 376 g/mol. The van der Waals surface area contributed by atoms with Gasteiger partial charge in [0, 0.05) is 18.7 Å². The van der Waals surface area contributed by atoms with E-state index in [-0.39, 0.29) is 10.8 Å². The van der Waals surface area contributed by atoms with E-state index in [4.69, 9.17) is 4.74 Å². The number of amides is 1. The van der Waals surface area contributed by atoms with Gasteiger partial charge in [0.15, 0.2) is 0 Å². The van der Waals surface area contributed by atoms with Gasteiger partial charge in [-0.2, -0.15) is 0 Å². The molecule has 1 aliphatic heterocycles. The molecule has 0 aliphatic carbocycles. The molecule has 1 saturated heterocycles. The minimum Gasteiger partial charge on any atom is -0.493 e. The normalized spacial score (nSPS) is 14.4. The van der Waals surface area contributed by atoms with E-state index in [1.165, 1.54) is 0 Å². The van der Waals surface area contributed by atoms with Crippen LogP contribution < -0.4 is 14.4 Å². The van der Waals surface area contributed by atoms with Crippen LogP contribution >= 0.6 is 0 Å². The number of rotatable bonds is 7. The van der Waals surface area contributed by atoms with E-state index in [0.29, 0.717) is 31.0 Å². The van der Waals surface area contributed by atoms with Crippen LogP contribution in [-0.2, 0) is 14.8 Å². The molecule has 1 fully saturated rings. The molecule has 2 aromatic rings. The standard InChI is InChI=1S/C21H26N2O4S/c1-4-12-27-20-10-9-18(13-16(20)3)28(25,26)22-17-8-7-15(2)19(14-17)23-11-5-6-21(23)24/h7-10,13-14,22H,4-6,11-12H2,1-3H3. The summed E-state index contributed by atoms with van der Waals surface area (Å²) < 4.78 is 33.9. The van der Waals surface area contributed by atoms with Crippen molar-refractivity contribution in [2.75, 3.05) is 22.8 Å². The van der Waals surface area contributed by atoms with Gasteiger partial charge in [-0.05, 0) is 68.1 Å². The Morgan fingerprint density at radius 3 is 2.54 bits per heavy atom. The van der Waals surface area contributed by atoms with Gasteiger partial charge in [0.2, 0.25) is 5.91 Å². The highest BCUT2D eigenvalue weighted by molar-refractivity contribution is 7.92. The van der Waals surface area contributed by atoms with E-state index in [2.05, 4.69) is 4.72 Å². The number of ether oxygens (including phenoxy) is 1. The van der Waals surface area contributed by atoms with Crippen molar-refractivity contribution >= 4 is 27.3 Å². The summed E-state index contributed by atoms with van der Waals surface area (Å²) in [7, 11) is -3.75. The van der Waals surface area contributed by atoms with E-state index >= 15 is 0 Å². The van der Waals surface area contributed by atoms with Crippen LogP contribution in [0.4, 0.5) is 11.4 Å². The summed E-state index contributed by atoms with van der Waals surface area (Å²) in [5, 5.41) is 0. The van der Waals surface area contributed by atoms with Gasteiger partial charge in [-0.1, -0.05) is 13.0 Å². The van der Waals surface area contributed by atoms with Crippen LogP contribution in [0.5, 0.6) is 5.75 Å². The molecular formula is C21H26N2O4S. The maximum Gasteiger partial charge on any atom is 0.261 e. The van der Waals surface area contributed by atoms with Crippen LogP contribution in [0.1, 0.15) is 37.3 Å². The summed E-state index contributed by atoms with van der Waals surface area (Å²) in [6, 6.07) is 10.1. The summed E-state index contributed by atoms with van der Waals surface area (Å²) in [6.45, 7) is 7.01. The van der Waals surface area contributed by atoms with Crippen molar-refractivity contribution < 1.29 is 17.9 Å². The number of hydrogen-bond acceptors (Lipinski definition) is 4.